The Morgan fingerprint density at radius 3 is 2.64 bits per heavy atom. The topological polar surface area (TPSA) is 74.6 Å². The molecular weight excluding hydrogens is 506 g/mol. The quantitative estimate of drug-likeness (QED) is 0.162. The van der Waals surface area contributed by atoms with Crippen LogP contribution in [0.5, 0.6) is 5.75 Å². The van der Waals surface area contributed by atoms with Gasteiger partial charge < -0.3 is 19.5 Å². The first kappa shape index (κ1) is 28.7. The van der Waals surface area contributed by atoms with Gasteiger partial charge in [0.05, 0.1) is 12.1 Å². The molecule has 0 saturated carbocycles. The maximum atomic E-state index is 12.0. The summed E-state index contributed by atoms with van der Waals surface area (Å²) in [4.78, 5) is 12.0. The van der Waals surface area contributed by atoms with E-state index in [9.17, 15) is 4.79 Å². The third-order valence-corrected chi connectivity index (χ3v) is 12.4. The van der Waals surface area contributed by atoms with Gasteiger partial charge in [-0.2, -0.15) is 5.10 Å². The molecule has 1 N–H and O–H groups in total. The monoisotopic (exact) mass is 547 g/mol. The summed E-state index contributed by atoms with van der Waals surface area (Å²) in [6.07, 6.45) is 3.38. The van der Waals surface area contributed by atoms with Gasteiger partial charge in [-0.3, -0.25) is 0 Å². The van der Waals surface area contributed by atoms with Crippen molar-refractivity contribution in [1.82, 2.24) is 15.1 Å². The molecule has 2 heterocycles. The number of hydrogen-bond donors (Lipinski definition) is 1. The number of carbonyl (C=O) groups is 1. The number of fused-ring (bicyclic) bond motifs is 1. The van der Waals surface area contributed by atoms with E-state index in [0.29, 0.717) is 19.6 Å². The molecule has 2 aromatic carbocycles. The maximum Gasteiger partial charge on any atom is 0.407 e. The Morgan fingerprint density at radius 1 is 1.13 bits per heavy atom. The highest BCUT2D eigenvalue weighted by atomic mass is 28.3. The summed E-state index contributed by atoms with van der Waals surface area (Å²) >= 11 is 0. The van der Waals surface area contributed by atoms with Crippen LogP contribution in [0.2, 0.25) is 18.1 Å². The molecule has 1 aliphatic rings. The Labute approximate surface area is 233 Å². The summed E-state index contributed by atoms with van der Waals surface area (Å²) in [6.45, 7) is 8.77. The van der Waals surface area contributed by atoms with E-state index in [1.807, 2.05) is 47.1 Å². The lowest BCUT2D eigenvalue weighted by Crippen LogP contribution is -2.29. The van der Waals surface area contributed by atoms with E-state index >= 15 is 0 Å². The van der Waals surface area contributed by atoms with Crippen molar-refractivity contribution >= 4 is 25.1 Å². The number of hydrogen-bond acceptors (Lipinski definition) is 5. The fraction of sp³-hybridized carbons (Fsp3) is 0.484. The number of rotatable bonds is 11. The van der Waals surface area contributed by atoms with E-state index in [4.69, 9.17) is 19.3 Å². The van der Waals surface area contributed by atoms with E-state index in [0.717, 1.165) is 71.9 Å². The number of benzene rings is 2. The van der Waals surface area contributed by atoms with Crippen LogP contribution in [0.1, 0.15) is 63.9 Å². The summed E-state index contributed by atoms with van der Waals surface area (Å²) in [7, 11) is -1.61. The molecule has 1 aromatic heterocycles. The van der Waals surface area contributed by atoms with Crippen molar-refractivity contribution in [1.29, 1.82) is 0 Å². The van der Waals surface area contributed by atoms with Gasteiger partial charge in [0.1, 0.15) is 26.1 Å². The van der Waals surface area contributed by atoms with Crippen molar-refractivity contribution < 1.29 is 19.0 Å². The molecule has 0 bridgehead atoms. The molecule has 4 rings (SSSR count). The Morgan fingerprint density at radius 2 is 1.92 bits per heavy atom. The number of aromatic nitrogens is 2. The van der Waals surface area contributed by atoms with Crippen molar-refractivity contribution in [2.24, 2.45) is 0 Å². The summed E-state index contributed by atoms with van der Waals surface area (Å²) in [5.41, 5.74) is 6.49. The predicted octanol–water partition coefficient (Wildman–Crippen LogP) is 6.83. The third kappa shape index (κ3) is 7.65. The molecule has 1 saturated heterocycles. The van der Waals surface area contributed by atoms with Gasteiger partial charge in [-0.15, -0.1) is 5.54 Å². The molecule has 0 aliphatic carbocycles. The van der Waals surface area contributed by atoms with E-state index < -0.39 is 14.2 Å². The second kappa shape index (κ2) is 14.2. The lowest BCUT2D eigenvalue weighted by atomic mass is 10.1. The molecule has 0 spiro atoms. The molecule has 1 amide bonds. The average molecular weight is 548 g/mol. The minimum Gasteiger partial charge on any atom is -0.494 e. The number of ether oxygens (including phenoxy) is 3. The fourth-order valence-electron chi connectivity index (χ4n) is 4.87. The number of carbonyl (C=O) groups excluding carboxylic acids is 1. The van der Waals surface area contributed by atoms with Gasteiger partial charge in [0.15, 0.2) is 6.23 Å². The van der Waals surface area contributed by atoms with Crippen LogP contribution in [0, 0.1) is 11.5 Å². The average Bonchev–Trinajstić information content (AvgIpc) is 3.36. The van der Waals surface area contributed by atoms with Gasteiger partial charge in [0.25, 0.3) is 0 Å². The molecule has 1 atom stereocenters. The molecule has 8 heteroatoms. The van der Waals surface area contributed by atoms with E-state index in [1.54, 1.807) is 0 Å². The largest absolute Gasteiger partial charge is 0.494 e. The van der Waals surface area contributed by atoms with Crippen molar-refractivity contribution in [2.45, 2.75) is 77.4 Å². The number of alkyl carbamates (subject to hydrolysis) is 1. The molecule has 1 aliphatic heterocycles. The minimum atomic E-state index is -1.61. The van der Waals surface area contributed by atoms with Crippen LogP contribution in [0.4, 0.5) is 4.79 Å². The highest BCUT2D eigenvalue weighted by Crippen LogP contribution is 2.30. The fourth-order valence-corrected chi connectivity index (χ4v) is 7.29. The summed E-state index contributed by atoms with van der Waals surface area (Å²) in [6, 6.07) is 19.2. The molecule has 7 nitrogen and oxygen atoms in total. The van der Waals surface area contributed by atoms with E-state index in [-0.39, 0.29) is 12.8 Å². The van der Waals surface area contributed by atoms with Crippen LogP contribution < -0.4 is 10.1 Å². The van der Waals surface area contributed by atoms with Gasteiger partial charge in [0.2, 0.25) is 0 Å². The van der Waals surface area contributed by atoms with Gasteiger partial charge >= 0.3 is 6.09 Å². The molecule has 1 unspecified atom stereocenters. The summed E-state index contributed by atoms with van der Waals surface area (Å²) < 4.78 is 19.4. The first-order chi connectivity index (χ1) is 19.1. The Kier molecular flexibility index (Phi) is 10.5. The number of nitrogens with one attached hydrogen (secondary N) is 1. The number of amides is 1. The SMILES string of the molecule is CC[Si](C#Cc1nn(C2CCCCO2)c2ccc(OCCCNC(=O)OCc3ccccc3)cc12)(CC)CC. The highest BCUT2D eigenvalue weighted by molar-refractivity contribution is 6.87. The second-order valence-corrected chi connectivity index (χ2v) is 15.0. The van der Waals surface area contributed by atoms with Crippen molar-refractivity contribution in [2.75, 3.05) is 19.8 Å². The lowest BCUT2D eigenvalue weighted by Gasteiger charge is -2.23. The molecule has 39 heavy (non-hydrogen) atoms. The number of nitrogens with zero attached hydrogens (tertiary/aromatic N) is 2. The first-order valence-corrected chi connectivity index (χ1v) is 16.9. The van der Waals surface area contributed by atoms with Crippen molar-refractivity contribution in [3.05, 3.63) is 59.8 Å². The normalized spacial score (nSPS) is 15.4. The molecule has 0 radical (unpaired) electrons. The Balaban J connectivity index is 1.40. The maximum absolute atomic E-state index is 12.0. The Hall–Kier alpha value is -3.28. The molecule has 208 valence electrons. The standard InChI is InChI=1S/C31H41N3O4Si/c1-4-39(5-2,6-3)22-18-28-27-23-26(16-17-29(27)34(33-28)30-15-10-11-20-37-30)36-21-12-19-32-31(35)38-24-25-13-8-7-9-14-25/h7-9,13-14,16-17,23,30H,4-6,10-12,15,19-21,24H2,1-3H3,(H,32,35). The van der Waals surface area contributed by atoms with Gasteiger partial charge in [-0.05, 0) is 67.6 Å². The zero-order valence-corrected chi connectivity index (χ0v) is 24.5. The van der Waals surface area contributed by atoms with Crippen molar-refractivity contribution in [3.63, 3.8) is 0 Å². The van der Waals surface area contributed by atoms with Crippen LogP contribution in [-0.4, -0.2) is 43.7 Å². The van der Waals surface area contributed by atoms with Gasteiger partial charge in [-0.1, -0.05) is 57.0 Å². The van der Waals surface area contributed by atoms with Crippen LogP contribution in [-0.2, 0) is 16.1 Å². The zero-order chi connectivity index (χ0) is 27.5. The smallest absolute Gasteiger partial charge is 0.407 e. The van der Waals surface area contributed by atoms with Crippen LogP contribution in [0.3, 0.4) is 0 Å². The molecule has 1 fully saturated rings. The predicted molar refractivity (Wildman–Crippen MR) is 157 cm³/mol. The lowest BCUT2D eigenvalue weighted by molar-refractivity contribution is -0.0367. The second-order valence-electron chi connectivity index (χ2n) is 10.1. The van der Waals surface area contributed by atoms with Crippen LogP contribution >= 0.6 is 0 Å². The molecule has 3 aromatic rings. The third-order valence-electron chi connectivity index (χ3n) is 7.65. The van der Waals surface area contributed by atoms with Crippen LogP contribution in [0.15, 0.2) is 48.5 Å². The van der Waals surface area contributed by atoms with E-state index in [2.05, 4.69) is 43.6 Å². The zero-order valence-electron chi connectivity index (χ0n) is 23.5. The molecular formula is C31H41N3O4Si. The van der Waals surface area contributed by atoms with Crippen molar-refractivity contribution in [3.8, 4) is 17.2 Å². The first-order valence-electron chi connectivity index (χ1n) is 14.3. The van der Waals surface area contributed by atoms with Gasteiger partial charge in [0, 0.05) is 18.5 Å². The van der Waals surface area contributed by atoms with E-state index in [1.165, 1.54) is 0 Å². The highest BCUT2D eigenvalue weighted by Gasteiger charge is 2.25. The Bertz CT molecular complexity index is 1260. The summed E-state index contributed by atoms with van der Waals surface area (Å²) in [5.74, 6) is 4.26. The van der Waals surface area contributed by atoms with Crippen LogP contribution in [0.25, 0.3) is 10.9 Å². The minimum absolute atomic E-state index is 0.0539. The van der Waals surface area contributed by atoms with Gasteiger partial charge in [-0.25, -0.2) is 9.48 Å². The summed E-state index contributed by atoms with van der Waals surface area (Å²) in [5, 5.41) is 8.74.